The highest BCUT2D eigenvalue weighted by Gasteiger charge is 2.12. The molecule has 1 aromatic heterocycles. The van der Waals surface area contributed by atoms with E-state index in [4.69, 9.17) is 0 Å². The Hall–Kier alpha value is -1.43. The van der Waals surface area contributed by atoms with E-state index in [0.717, 1.165) is 25.1 Å². The maximum Gasteiger partial charge on any atom is 0.207 e. The fraction of sp³-hybridized carbons (Fsp3) is 0.250. The van der Waals surface area contributed by atoms with Gasteiger partial charge in [0.1, 0.15) is 11.6 Å². The van der Waals surface area contributed by atoms with Gasteiger partial charge in [-0.05, 0) is 28.4 Å². The molecule has 2 rings (SSSR count). The topological polar surface area (TPSA) is 29.9 Å². The molecule has 6 heteroatoms. The molecule has 0 fully saturated rings. The molecule has 18 heavy (non-hydrogen) atoms. The van der Waals surface area contributed by atoms with Gasteiger partial charge in [0.25, 0.3) is 0 Å². The maximum absolute atomic E-state index is 13.8. The van der Waals surface area contributed by atoms with E-state index in [9.17, 15) is 8.78 Å². The average molecular weight is 316 g/mol. The fourth-order valence-corrected chi connectivity index (χ4v) is 1.88. The monoisotopic (exact) mass is 315 g/mol. The minimum absolute atomic E-state index is 0.104. The van der Waals surface area contributed by atoms with Crippen molar-refractivity contribution in [3.8, 4) is 5.69 Å². The van der Waals surface area contributed by atoms with Crippen molar-refractivity contribution in [1.29, 1.82) is 0 Å². The SMILES string of the molecule is CCCNc1nccn1-c1cc(F)c(Br)cc1F. The zero-order chi connectivity index (χ0) is 13.1. The number of aromatic nitrogens is 2. The minimum Gasteiger partial charge on any atom is -0.355 e. The van der Waals surface area contributed by atoms with E-state index in [1.54, 1.807) is 6.20 Å². The van der Waals surface area contributed by atoms with Gasteiger partial charge < -0.3 is 5.32 Å². The number of nitrogens with zero attached hydrogens (tertiary/aromatic N) is 2. The van der Waals surface area contributed by atoms with Crippen LogP contribution in [-0.2, 0) is 0 Å². The van der Waals surface area contributed by atoms with Gasteiger partial charge in [0, 0.05) is 25.0 Å². The van der Waals surface area contributed by atoms with Gasteiger partial charge >= 0.3 is 0 Å². The Morgan fingerprint density at radius 1 is 1.33 bits per heavy atom. The summed E-state index contributed by atoms with van der Waals surface area (Å²) in [5, 5.41) is 3.05. The van der Waals surface area contributed by atoms with Crippen LogP contribution in [-0.4, -0.2) is 16.1 Å². The molecule has 0 amide bonds. The first kappa shape index (κ1) is 13.0. The molecule has 2 aromatic rings. The molecule has 0 bridgehead atoms. The molecule has 0 saturated carbocycles. The van der Waals surface area contributed by atoms with Crippen molar-refractivity contribution >= 4 is 21.9 Å². The van der Waals surface area contributed by atoms with Crippen molar-refractivity contribution in [3.05, 3.63) is 40.6 Å². The average Bonchev–Trinajstić information content (AvgIpc) is 2.79. The van der Waals surface area contributed by atoms with Crippen LogP contribution in [0.15, 0.2) is 29.0 Å². The molecule has 1 N–H and O–H groups in total. The van der Waals surface area contributed by atoms with Crippen LogP contribution < -0.4 is 5.32 Å². The molecule has 3 nitrogen and oxygen atoms in total. The molecule has 1 heterocycles. The summed E-state index contributed by atoms with van der Waals surface area (Å²) in [4.78, 5) is 4.07. The second kappa shape index (κ2) is 5.48. The van der Waals surface area contributed by atoms with Crippen molar-refractivity contribution < 1.29 is 8.78 Å². The van der Waals surface area contributed by atoms with Gasteiger partial charge in [0.2, 0.25) is 5.95 Å². The number of anilines is 1. The molecule has 0 atom stereocenters. The fourth-order valence-electron chi connectivity index (χ4n) is 1.56. The van der Waals surface area contributed by atoms with Gasteiger partial charge in [-0.3, -0.25) is 4.57 Å². The van der Waals surface area contributed by atoms with E-state index >= 15 is 0 Å². The first-order valence-electron chi connectivity index (χ1n) is 5.55. The molecule has 0 saturated heterocycles. The van der Waals surface area contributed by atoms with Crippen LogP contribution >= 0.6 is 15.9 Å². The summed E-state index contributed by atoms with van der Waals surface area (Å²) >= 11 is 2.95. The van der Waals surface area contributed by atoms with Crippen molar-refractivity contribution in [2.75, 3.05) is 11.9 Å². The van der Waals surface area contributed by atoms with Gasteiger partial charge in [0.05, 0.1) is 10.2 Å². The Morgan fingerprint density at radius 3 is 2.83 bits per heavy atom. The summed E-state index contributed by atoms with van der Waals surface area (Å²) in [7, 11) is 0. The van der Waals surface area contributed by atoms with Crippen LogP contribution in [0, 0.1) is 11.6 Å². The maximum atomic E-state index is 13.8. The first-order chi connectivity index (χ1) is 8.63. The number of benzene rings is 1. The van der Waals surface area contributed by atoms with E-state index in [0.29, 0.717) is 5.95 Å². The lowest BCUT2D eigenvalue weighted by atomic mass is 10.3. The summed E-state index contributed by atoms with van der Waals surface area (Å²) < 4.78 is 28.9. The third-order valence-corrected chi connectivity index (χ3v) is 3.03. The Morgan fingerprint density at radius 2 is 2.11 bits per heavy atom. The Kier molecular flexibility index (Phi) is 3.96. The predicted molar refractivity (Wildman–Crippen MR) is 70.0 cm³/mol. The second-order valence-electron chi connectivity index (χ2n) is 3.77. The second-order valence-corrected chi connectivity index (χ2v) is 4.62. The molecule has 0 aliphatic rings. The normalized spacial score (nSPS) is 10.7. The number of rotatable bonds is 4. The molecular formula is C12H12BrF2N3. The van der Waals surface area contributed by atoms with E-state index < -0.39 is 11.6 Å². The van der Waals surface area contributed by atoms with Gasteiger partial charge in [-0.25, -0.2) is 13.8 Å². The molecular weight excluding hydrogens is 304 g/mol. The molecule has 0 spiro atoms. The Labute approximate surface area is 112 Å². The van der Waals surface area contributed by atoms with E-state index in [1.165, 1.54) is 10.8 Å². The first-order valence-corrected chi connectivity index (χ1v) is 6.35. The van der Waals surface area contributed by atoms with Gasteiger partial charge in [-0.15, -0.1) is 0 Å². The molecule has 0 radical (unpaired) electrons. The van der Waals surface area contributed by atoms with Crippen LogP contribution in [0.4, 0.5) is 14.7 Å². The summed E-state index contributed by atoms with van der Waals surface area (Å²) in [5.74, 6) is -0.528. The summed E-state index contributed by atoms with van der Waals surface area (Å²) in [6.45, 7) is 2.73. The number of nitrogens with one attached hydrogen (secondary N) is 1. The van der Waals surface area contributed by atoms with Crippen molar-refractivity contribution in [1.82, 2.24) is 9.55 Å². The molecule has 0 aliphatic heterocycles. The van der Waals surface area contributed by atoms with Crippen LogP contribution in [0.25, 0.3) is 5.69 Å². The van der Waals surface area contributed by atoms with Crippen LogP contribution in [0.3, 0.4) is 0 Å². The minimum atomic E-state index is -0.513. The van der Waals surface area contributed by atoms with Crippen LogP contribution in [0.2, 0.25) is 0 Å². The van der Waals surface area contributed by atoms with Gasteiger partial charge in [0.15, 0.2) is 0 Å². The lowest BCUT2D eigenvalue weighted by molar-refractivity contribution is 0.587. The lowest BCUT2D eigenvalue weighted by Gasteiger charge is -2.10. The zero-order valence-electron chi connectivity index (χ0n) is 9.75. The summed E-state index contributed by atoms with van der Waals surface area (Å²) in [6.07, 6.45) is 4.05. The smallest absolute Gasteiger partial charge is 0.207 e. The molecule has 1 aromatic carbocycles. The van der Waals surface area contributed by atoms with E-state index in [1.807, 2.05) is 6.92 Å². The molecule has 96 valence electrons. The van der Waals surface area contributed by atoms with Gasteiger partial charge in [-0.1, -0.05) is 6.92 Å². The number of hydrogen-bond acceptors (Lipinski definition) is 2. The zero-order valence-corrected chi connectivity index (χ0v) is 11.3. The molecule has 0 aliphatic carbocycles. The predicted octanol–water partition coefficient (Wildman–Crippen LogP) is 3.73. The summed E-state index contributed by atoms with van der Waals surface area (Å²) in [6, 6.07) is 2.24. The van der Waals surface area contributed by atoms with E-state index in [2.05, 4.69) is 26.2 Å². The quantitative estimate of drug-likeness (QED) is 0.871. The highest BCUT2D eigenvalue weighted by atomic mass is 79.9. The van der Waals surface area contributed by atoms with Gasteiger partial charge in [-0.2, -0.15) is 0 Å². The summed E-state index contributed by atoms with van der Waals surface area (Å²) in [5.41, 5.74) is 0.131. The van der Waals surface area contributed by atoms with Crippen molar-refractivity contribution in [2.24, 2.45) is 0 Å². The van der Waals surface area contributed by atoms with Crippen LogP contribution in [0.1, 0.15) is 13.3 Å². The third-order valence-electron chi connectivity index (χ3n) is 2.42. The standard InChI is InChI=1S/C12H12BrF2N3/c1-2-3-16-12-17-4-5-18(12)11-7-9(14)8(13)6-10(11)15/h4-7H,2-3H2,1H3,(H,16,17). The Bertz CT molecular complexity index is 554. The number of hydrogen-bond donors (Lipinski definition) is 1. The highest BCUT2D eigenvalue weighted by molar-refractivity contribution is 9.10. The number of imidazole rings is 1. The third kappa shape index (κ3) is 2.53. The van der Waals surface area contributed by atoms with Crippen LogP contribution in [0.5, 0.6) is 0 Å². The Balaban J connectivity index is 2.42. The largest absolute Gasteiger partial charge is 0.355 e. The highest BCUT2D eigenvalue weighted by Crippen LogP contribution is 2.24. The molecule has 0 unspecified atom stereocenters. The van der Waals surface area contributed by atoms with E-state index in [-0.39, 0.29) is 10.2 Å². The van der Waals surface area contributed by atoms with Crippen molar-refractivity contribution in [2.45, 2.75) is 13.3 Å². The van der Waals surface area contributed by atoms with Crippen molar-refractivity contribution in [3.63, 3.8) is 0 Å². The number of halogens is 3. The lowest BCUT2D eigenvalue weighted by Crippen LogP contribution is -2.08.